The van der Waals surface area contributed by atoms with Crippen LogP contribution in [0.25, 0.3) is 0 Å². The Labute approximate surface area is 143 Å². The van der Waals surface area contributed by atoms with Crippen LogP contribution >= 0.6 is 20.5 Å². The van der Waals surface area contributed by atoms with Crippen molar-refractivity contribution >= 4 is 31.4 Å². The van der Waals surface area contributed by atoms with E-state index in [9.17, 15) is 4.57 Å². The number of hydrogen-bond acceptors (Lipinski definition) is 8. The topological polar surface area (TPSA) is 144 Å². The predicted octanol–water partition coefficient (Wildman–Crippen LogP) is -0.0844. The fourth-order valence-corrected chi connectivity index (χ4v) is 3.44. The van der Waals surface area contributed by atoms with Crippen LogP contribution < -0.4 is 11.5 Å². The van der Waals surface area contributed by atoms with Crippen LogP contribution in [0.3, 0.4) is 0 Å². The lowest BCUT2D eigenvalue weighted by Crippen LogP contribution is -2.32. The normalized spacial score (nSPS) is 32.6. The summed E-state index contributed by atoms with van der Waals surface area (Å²) in [5.74, 6) is -0.578. The minimum Gasteiger partial charge on any atom is -0.383 e. The number of hydrogen-bond donors (Lipinski definition) is 3. The average Bonchev–Trinajstić information content (AvgIpc) is 3.07. The zero-order valence-electron chi connectivity index (χ0n) is 13.0. The summed E-state index contributed by atoms with van der Waals surface area (Å²) < 4.78 is 34.5. The zero-order valence-corrected chi connectivity index (χ0v) is 14.9. The molecule has 134 valence electrons. The number of nitrogens with two attached hydrogens (primary N) is 2. The molecule has 0 aromatic carbocycles. The van der Waals surface area contributed by atoms with Crippen LogP contribution in [-0.4, -0.2) is 50.5 Å². The van der Waals surface area contributed by atoms with Gasteiger partial charge in [-0.2, -0.15) is 9.78 Å². The summed E-state index contributed by atoms with van der Waals surface area (Å²) >= 11 is 4.88. The second-order valence-electron chi connectivity index (χ2n) is 5.97. The Morgan fingerprint density at radius 1 is 1.54 bits per heavy atom. The molecule has 12 heteroatoms. The average molecular weight is 378 g/mol. The summed E-state index contributed by atoms with van der Waals surface area (Å²) in [7, 11) is -3.08. The van der Waals surface area contributed by atoms with Gasteiger partial charge in [-0.1, -0.05) is 0 Å². The largest absolute Gasteiger partial charge is 0.383 e. The molecule has 3 heterocycles. The predicted molar refractivity (Wildman–Crippen MR) is 87.4 cm³/mol. The highest BCUT2D eigenvalue weighted by molar-refractivity contribution is 7.80. The lowest BCUT2D eigenvalue weighted by Gasteiger charge is -2.23. The van der Waals surface area contributed by atoms with Crippen molar-refractivity contribution in [3.8, 4) is 0 Å². The maximum absolute atomic E-state index is 10.8. The van der Waals surface area contributed by atoms with Crippen LogP contribution in [-0.2, 0) is 23.3 Å². The highest BCUT2D eigenvalue weighted by Gasteiger charge is 2.56. The summed E-state index contributed by atoms with van der Waals surface area (Å²) in [6, 6.07) is 0. The maximum atomic E-state index is 10.8. The van der Waals surface area contributed by atoms with Gasteiger partial charge in [0.1, 0.15) is 30.2 Å². The van der Waals surface area contributed by atoms with Crippen molar-refractivity contribution in [2.75, 3.05) is 12.3 Å². The molecule has 2 aliphatic rings. The van der Waals surface area contributed by atoms with Crippen LogP contribution in [0.1, 0.15) is 25.5 Å². The standard InChI is InChI=1S/C12H19N4O6PS/c1-12(2)21-8-6(4-19-23(17)18)20-7(9(8)22-12)5-3-15-16(10(5)13)11(14)24/h3,6-9,23H,4,13H2,1-2H3,(H2,14,24)(H,17,18)/t6-,7+,8?,9?/m1/s1. The molecule has 2 saturated heterocycles. The van der Waals surface area contributed by atoms with Gasteiger partial charge < -0.3 is 35.1 Å². The van der Waals surface area contributed by atoms with E-state index in [1.54, 1.807) is 13.8 Å². The monoisotopic (exact) mass is 378 g/mol. The number of anilines is 1. The van der Waals surface area contributed by atoms with Gasteiger partial charge in [-0.25, -0.2) is 0 Å². The molecule has 2 aliphatic heterocycles. The van der Waals surface area contributed by atoms with Gasteiger partial charge in [-0.15, -0.1) is 0 Å². The Morgan fingerprint density at radius 2 is 2.21 bits per heavy atom. The molecule has 0 saturated carbocycles. The number of nitrogens with zero attached hydrogens (tertiary/aromatic N) is 2. The molecule has 5 N–H and O–H groups in total. The molecule has 5 atom stereocenters. The van der Waals surface area contributed by atoms with E-state index >= 15 is 0 Å². The zero-order chi connectivity index (χ0) is 17.6. The van der Waals surface area contributed by atoms with Crippen LogP contribution in [0.5, 0.6) is 0 Å². The van der Waals surface area contributed by atoms with E-state index in [4.69, 9.17) is 47.3 Å². The Balaban J connectivity index is 1.88. The van der Waals surface area contributed by atoms with Gasteiger partial charge in [0.05, 0.1) is 12.8 Å². The van der Waals surface area contributed by atoms with Gasteiger partial charge in [0, 0.05) is 5.56 Å². The van der Waals surface area contributed by atoms with Crippen molar-refractivity contribution < 1.29 is 28.2 Å². The summed E-state index contributed by atoms with van der Waals surface area (Å²) in [5, 5.41) is 4.05. The van der Waals surface area contributed by atoms with Gasteiger partial charge >= 0.3 is 8.25 Å². The third-order valence-corrected chi connectivity index (χ3v) is 4.46. The van der Waals surface area contributed by atoms with Crippen LogP contribution in [0, 0.1) is 0 Å². The first-order valence-electron chi connectivity index (χ1n) is 7.19. The van der Waals surface area contributed by atoms with Crippen LogP contribution in [0.15, 0.2) is 6.20 Å². The van der Waals surface area contributed by atoms with Crippen LogP contribution in [0.4, 0.5) is 5.82 Å². The molecule has 0 spiro atoms. The van der Waals surface area contributed by atoms with Gasteiger partial charge in [-0.3, -0.25) is 4.57 Å². The number of fused-ring (bicyclic) bond motifs is 1. The van der Waals surface area contributed by atoms with Gasteiger partial charge in [0.2, 0.25) is 0 Å². The molecular formula is C12H19N4O6PS. The molecule has 0 bridgehead atoms. The van der Waals surface area contributed by atoms with Crippen molar-refractivity contribution in [1.82, 2.24) is 9.78 Å². The van der Waals surface area contributed by atoms with Gasteiger partial charge in [0.15, 0.2) is 10.9 Å². The number of thiocarbonyl (C=S) groups is 1. The van der Waals surface area contributed by atoms with Gasteiger partial charge in [0.25, 0.3) is 0 Å². The van der Waals surface area contributed by atoms with Crippen molar-refractivity contribution in [1.29, 1.82) is 0 Å². The number of ether oxygens (including phenoxy) is 3. The first-order valence-corrected chi connectivity index (χ1v) is 8.87. The van der Waals surface area contributed by atoms with Crippen molar-refractivity contribution in [2.45, 2.75) is 44.1 Å². The summed E-state index contributed by atoms with van der Waals surface area (Å²) in [6.07, 6.45) is -0.618. The molecule has 1 aromatic rings. The minimum atomic E-state index is -3.08. The maximum Gasteiger partial charge on any atom is 0.316 e. The summed E-state index contributed by atoms with van der Waals surface area (Å²) in [6.45, 7) is 3.45. The lowest BCUT2D eigenvalue weighted by molar-refractivity contribution is -0.190. The number of nitrogen functional groups attached to an aromatic ring is 1. The fraction of sp³-hybridized carbons (Fsp3) is 0.667. The Bertz CT molecular complexity index is 683. The van der Waals surface area contributed by atoms with Crippen molar-refractivity contribution in [3.63, 3.8) is 0 Å². The molecule has 10 nitrogen and oxygen atoms in total. The van der Waals surface area contributed by atoms with Crippen LogP contribution in [0.2, 0.25) is 0 Å². The fourth-order valence-electron chi connectivity index (χ4n) is 2.99. The van der Waals surface area contributed by atoms with E-state index < -0.39 is 38.5 Å². The highest BCUT2D eigenvalue weighted by Crippen LogP contribution is 2.46. The first-order chi connectivity index (χ1) is 11.2. The molecule has 3 rings (SSSR count). The highest BCUT2D eigenvalue weighted by atomic mass is 32.1. The van der Waals surface area contributed by atoms with E-state index in [-0.39, 0.29) is 17.5 Å². The second-order valence-corrected chi connectivity index (χ2v) is 7.21. The third-order valence-electron chi connectivity index (χ3n) is 3.87. The Hall–Kier alpha value is -1.07. The first kappa shape index (κ1) is 17.7. The van der Waals surface area contributed by atoms with E-state index in [0.29, 0.717) is 5.56 Å². The second kappa shape index (κ2) is 6.34. The molecule has 0 aliphatic carbocycles. The number of aromatic nitrogens is 2. The SMILES string of the molecule is CC1(C)OC2C(O1)[C@H](c1cnn(C(N)=S)c1N)O[C@@H]2CO[PH](=O)O. The van der Waals surface area contributed by atoms with E-state index in [2.05, 4.69) is 5.10 Å². The molecule has 0 amide bonds. The summed E-state index contributed by atoms with van der Waals surface area (Å²) in [4.78, 5) is 8.88. The quantitative estimate of drug-likeness (QED) is 0.480. The smallest absolute Gasteiger partial charge is 0.316 e. The third kappa shape index (κ3) is 3.21. The molecule has 1 aromatic heterocycles. The molecule has 0 radical (unpaired) electrons. The van der Waals surface area contributed by atoms with Crippen molar-refractivity contribution in [2.24, 2.45) is 5.73 Å². The summed E-state index contributed by atoms with van der Waals surface area (Å²) in [5.41, 5.74) is 12.2. The van der Waals surface area contributed by atoms with E-state index in [0.717, 1.165) is 0 Å². The molecule has 3 unspecified atom stereocenters. The van der Waals surface area contributed by atoms with E-state index in [1.807, 2.05) is 0 Å². The molecule has 24 heavy (non-hydrogen) atoms. The lowest BCUT2D eigenvalue weighted by atomic mass is 10.0. The molecular weight excluding hydrogens is 359 g/mol. The van der Waals surface area contributed by atoms with E-state index in [1.165, 1.54) is 10.9 Å². The number of rotatable bonds is 4. The van der Waals surface area contributed by atoms with Crippen molar-refractivity contribution in [3.05, 3.63) is 11.8 Å². The minimum absolute atomic E-state index is 0.0102. The Morgan fingerprint density at radius 3 is 2.79 bits per heavy atom. The molecule has 2 fully saturated rings. The van der Waals surface area contributed by atoms with Gasteiger partial charge in [-0.05, 0) is 26.1 Å². The Kier molecular flexibility index (Phi) is 4.69.